The lowest BCUT2D eigenvalue weighted by atomic mass is 10.0. The van der Waals surface area contributed by atoms with E-state index in [-0.39, 0.29) is 11.8 Å². The first kappa shape index (κ1) is 27.6. The van der Waals surface area contributed by atoms with Gasteiger partial charge in [0.05, 0.1) is 12.2 Å². The Balaban J connectivity index is 1.15. The van der Waals surface area contributed by atoms with Crippen molar-refractivity contribution in [2.45, 2.75) is 32.7 Å². The lowest BCUT2D eigenvalue weighted by Crippen LogP contribution is -2.40. The van der Waals surface area contributed by atoms with Crippen molar-refractivity contribution in [3.8, 4) is 5.75 Å². The van der Waals surface area contributed by atoms with E-state index in [0.717, 1.165) is 30.2 Å². The number of carbonyl (C=O) groups excluding carboxylic acids is 3. The summed E-state index contributed by atoms with van der Waals surface area (Å²) >= 11 is 0. The number of rotatable bonds is 12. The molecule has 8 nitrogen and oxygen atoms in total. The molecule has 0 unspecified atom stereocenters. The van der Waals surface area contributed by atoms with E-state index in [4.69, 9.17) is 4.74 Å². The van der Waals surface area contributed by atoms with Crippen LogP contribution in [0.25, 0.3) is 21.5 Å². The zero-order valence-corrected chi connectivity index (χ0v) is 22.1. The fourth-order valence-electron chi connectivity index (χ4n) is 4.37. The largest absolute Gasteiger partial charge is 0.494 e. The Morgan fingerprint density at radius 3 is 2.33 bits per heavy atom. The Kier molecular flexibility index (Phi) is 9.85. The minimum absolute atomic E-state index is 0.0192. The summed E-state index contributed by atoms with van der Waals surface area (Å²) in [7, 11) is 0. The second kappa shape index (κ2) is 13.9. The third-order valence-corrected chi connectivity index (χ3v) is 6.32. The summed E-state index contributed by atoms with van der Waals surface area (Å²) in [5, 5.41) is 10.4. The highest BCUT2D eigenvalue weighted by atomic mass is 16.5. The molecule has 4 aromatic rings. The summed E-state index contributed by atoms with van der Waals surface area (Å²) in [6, 6.07) is 25.6. The van der Waals surface area contributed by atoms with Gasteiger partial charge in [0.25, 0.3) is 5.91 Å². The number of fused-ring (bicyclic) bond motifs is 2. The van der Waals surface area contributed by atoms with Crippen LogP contribution in [0.4, 0.5) is 0 Å². The number of nitrogens with one attached hydrogen (secondary N) is 4. The van der Waals surface area contributed by atoms with Crippen LogP contribution in [0.3, 0.4) is 0 Å². The van der Waals surface area contributed by atoms with E-state index in [9.17, 15) is 14.4 Å². The Bertz CT molecular complexity index is 1450. The lowest BCUT2D eigenvalue weighted by molar-refractivity contribution is -0.121. The molecule has 0 radical (unpaired) electrons. The topological polar surface area (TPSA) is 109 Å². The van der Waals surface area contributed by atoms with E-state index >= 15 is 0 Å². The predicted octanol–water partition coefficient (Wildman–Crippen LogP) is 4.23. The van der Waals surface area contributed by atoms with Crippen LogP contribution in [0.1, 0.15) is 42.1 Å². The first-order chi connectivity index (χ1) is 19.0. The number of carbonyl (C=O) groups is 3. The van der Waals surface area contributed by atoms with Crippen molar-refractivity contribution in [2.75, 3.05) is 19.7 Å². The number of hydrazine groups is 1. The van der Waals surface area contributed by atoms with Crippen molar-refractivity contribution in [3.63, 3.8) is 0 Å². The predicted molar refractivity (Wildman–Crippen MR) is 153 cm³/mol. The molecule has 0 bridgehead atoms. The van der Waals surface area contributed by atoms with E-state index < -0.39 is 5.91 Å². The van der Waals surface area contributed by atoms with Gasteiger partial charge in [0.1, 0.15) is 5.75 Å². The average molecular weight is 527 g/mol. The third kappa shape index (κ3) is 8.02. The zero-order chi connectivity index (χ0) is 27.5. The average Bonchev–Trinajstić information content (AvgIpc) is 2.95. The highest BCUT2D eigenvalue weighted by Gasteiger charge is 2.13. The highest BCUT2D eigenvalue weighted by molar-refractivity contribution is 6.08. The first-order valence-electron chi connectivity index (χ1n) is 13.2. The number of ether oxygens (including phenoxy) is 1. The fourth-order valence-corrected chi connectivity index (χ4v) is 4.37. The summed E-state index contributed by atoms with van der Waals surface area (Å²) in [6.07, 6.45) is 1.94. The van der Waals surface area contributed by atoms with Crippen LogP contribution < -0.4 is 26.2 Å². The Morgan fingerprint density at radius 2 is 1.51 bits per heavy atom. The van der Waals surface area contributed by atoms with Gasteiger partial charge in [-0.3, -0.25) is 25.2 Å². The van der Waals surface area contributed by atoms with Crippen LogP contribution in [0, 0.1) is 0 Å². The summed E-state index contributed by atoms with van der Waals surface area (Å²) in [6.45, 7) is 3.68. The molecule has 0 spiro atoms. The van der Waals surface area contributed by atoms with Crippen LogP contribution in [0.2, 0.25) is 0 Å². The summed E-state index contributed by atoms with van der Waals surface area (Å²) < 4.78 is 5.90. The number of benzene rings is 4. The van der Waals surface area contributed by atoms with E-state index in [1.807, 2.05) is 42.5 Å². The molecule has 4 rings (SSSR count). The van der Waals surface area contributed by atoms with Gasteiger partial charge in [-0.25, -0.2) is 0 Å². The summed E-state index contributed by atoms with van der Waals surface area (Å²) in [4.78, 5) is 35.9. The molecule has 0 aliphatic rings. The van der Waals surface area contributed by atoms with E-state index in [1.54, 1.807) is 6.07 Å². The van der Waals surface area contributed by atoms with Gasteiger partial charge in [0, 0.05) is 33.0 Å². The van der Waals surface area contributed by atoms with Gasteiger partial charge in [-0.2, -0.15) is 0 Å². The van der Waals surface area contributed by atoms with Crippen LogP contribution in [0.15, 0.2) is 78.9 Å². The molecule has 0 saturated heterocycles. The van der Waals surface area contributed by atoms with Gasteiger partial charge >= 0.3 is 0 Å². The standard InChI is InChI=1S/C31H34N4O4/c1-22(36)34-35-31(38)29-20-26(19-24-10-3-5-14-28(24)29)39-18-7-6-16-33-30(37)15-17-32-21-25-12-8-11-23-9-2-4-13-27(23)25/h2-5,8-14,19-20,32H,6-7,15-18,21H2,1H3,(H,33,37)(H,34,36)(H,35,38). The summed E-state index contributed by atoms with van der Waals surface area (Å²) in [5.74, 6) is -0.181. The number of amides is 3. The molecular weight excluding hydrogens is 492 g/mol. The number of hydrogen-bond acceptors (Lipinski definition) is 5. The minimum Gasteiger partial charge on any atom is -0.494 e. The van der Waals surface area contributed by atoms with Gasteiger partial charge in [0.2, 0.25) is 11.8 Å². The van der Waals surface area contributed by atoms with Gasteiger partial charge in [0.15, 0.2) is 0 Å². The second-order valence-corrected chi connectivity index (χ2v) is 9.30. The Hall–Kier alpha value is -4.43. The third-order valence-electron chi connectivity index (χ3n) is 6.32. The quantitative estimate of drug-likeness (QED) is 0.163. The van der Waals surface area contributed by atoms with Crippen LogP contribution >= 0.6 is 0 Å². The van der Waals surface area contributed by atoms with Gasteiger partial charge in [-0.05, 0) is 52.1 Å². The van der Waals surface area contributed by atoms with Crippen molar-refractivity contribution < 1.29 is 19.1 Å². The molecule has 0 fully saturated rings. The molecule has 0 atom stereocenters. The fraction of sp³-hybridized carbons (Fsp3) is 0.258. The Labute approximate surface area is 228 Å². The van der Waals surface area contributed by atoms with E-state index in [0.29, 0.717) is 37.4 Å². The maximum atomic E-state index is 12.6. The summed E-state index contributed by atoms with van der Waals surface area (Å²) in [5.41, 5.74) is 6.36. The van der Waals surface area contributed by atoms with E-state index in [1.165, 1.54) is 23.3 Å². The normalized spacial score (nSPS) is 10.8. The molecule has 0 aliphatic heterocycles. The molecule has 8 heteroatoms. The lowest BCUT2D eigenvalue weighted by Gasteiger charge is -2.12. The monoisotopic (exact) mass is 526 g/mol. The van der Waals surface area contributed by atoms with Crippen LogP contribution in [-0.4, -0.2) is 37.4 Å². The molecule has 0 aliphatic carbocycles. The molecule has 3 amide bonds. The van der Waals surface area contributed by atoms with Crippen molar-refractivity contribution >= 4 is 39.3 Å². The van der Waals surface area contributed by atoms with Crippen LogP contribution in [0.5, 0.6) is 5.75 Å². The van der Waals surface area contributed by atoms with Gasteiger partial charge < -0.3 is 15.4 Å². The number of unbranched alkanes of at least 4 members (excludes halogenated alkanes) is 1. The molecule has 4 N–H and O–H groups in total. The zero-order valence-electron chi connectivity index (χ0n) is 22.1. The van der Waals surface area contributed by atoms with Crippen molar-refractivity contribution in [2.24, 2.45) is 0 Å². The molecule has 0 heterocycles. The van der Waals surface area contributed by atoms with Crippen molar-refractivity contribution in [1.82, 2.24) is 21.5 Å². The molecule has 39 heavy (non-hydrogen) atoms. The molecule has 4 aromatic carbocycles. The molecule has 0 aromatic heterocycles. The maximum Gasteiger partial charge on any atom is 0.270 e. The molecule has 0 saturated carbocycles. The van der Waals surface area contributed by atoms with E-state index in [2.05, 4.69) is 51.8 Å². The Morgan fingerprint density at radius 1 is 0.769 bits per heavy atom. The molecule has 202 valence electrons. The first-order valence-corrected chi connectivity index (χ1v) is 13.2. The highest BCUT2D eigenvalue weighted by Crippen LogP contribution is 2.26. The maximum absolute atomic E-state index is 12.6. The minimum atomic E-state index is -0.416. The van der Waals surface area contributed by atoms with Crippen LogP contribution in [-0.2, 0) is 16.1 Å². The van der Waals surface area contributed by atoms with Crippen molar-refractivity contribution in [3.05, 3.63) is 90.0 Å². The smallest absolute Gasteiger partial charge is 0.270 e. The molecular formula is C31H34N4O4. The SMILES string of the molecule is CC(=O)NNC(=O)c1cc(OCCCCNC(=O)CCNCc2cccc3ccccc23)cc2ccccc12. The number of hydrogen-bond donors (Lipinski definition) is 4. The second-order valence-electron chi connectivity index (χ2n) is 9.30. The van der Waals surface area contributed by atoms with Gasteiger partial charge in [-0.15, -0.1) is 0 Å². The van der Waals surface area contributed by atoms with Crippen molar-refractivity contribution in [1.29, 1.82) is 0 Å². The van der Waals surface area contributed by atoms with Gasteiger partial charge in [-0.1, -0.05) is 66.7 Å².